The molecule has 2 aliphatic heterocycles. The van der Waals surface area contributed by atoms with E-state index in [0.717, 1.165) is 4.88 Å². The van der Waals surface area contributed by atoms with Crippen LogP contribution in [0.5, 0.6) is 0 Å². The van der Waals surface area contributed by atoms with Gasteiger partial charge in [-0.05, 0) is 40.2 Å². The molecule has 3 rings (SSSR count). The van der Waals surface area contributed by atoms with Crippen molar-refractivity contribution in [2.75, 3.05) is 13.2 Å². The van der Waals surface area contributed by atoms with Gasteiger partial charge in [0.15, 0.2) is 5.78 Å². The fraction of sp³-hybridized carbons (Fsp3) is 0.647. The van der Waals surface area contributed by atoms with E-state index in [-0.39, 0.29) is 24.5 Å². The lowest BCUT2D eigenvalue weighted by Crippen LogP contribution is -2.53. The zero-order valence-electron chi connectivity index (χ0n) is 14.3. The Bertz CT molecular complexity index is 681. The summed E-state index contributed by atoms with van der Waals surface area (Å²) in [4.78, 5) is 27.1. The van der Waals surface area contributed by atoms with Gasteiger partial charge in [-0.15, -0.1) is 11.3 Å². The van der Waals surface area contributed by atoms with E-state index in [1.807, 2.05) is 27.7 Å². The monoisotopic (exact) mass is 371 g/mol. The lowest BCUT2D eigenvalue weighted by molar-refractivity contribution is -0.0981. The standard InChI is InChI=1S/C17H22ClNO4S/c1-10-8-17(5-6-19(10)15(21)23-16(2,3)4)14-11(7-13(18)24-14)12(20)9-22-17/h7,10H,5-6,8-9H2,1-4H3/t10-,17?/m0/s1. The number of halogens is 1. The highest BCUT2D eigenvalue weighted by molar-refractivity contribution is 7.16. The number of fused-ring (bicyclic) bond motifs is 2. The van der Waals surface area contributed by atoms with Gasteiger partial charge in [-0.25, -0.2) is 4.79 Å². The van der Waals surface area contributed by atoms with Crippen LogP contribution in [-0.2, 0) is 15.1 Å². The van der Waals surface area contributed by atoms with Crippen LogP contribution in [-0.4, -0.2) is 41.6 Å². The van der Waals surface area contributed by atoms with Crippen LogP contribution < -0.4 is 0 Å². The molecule has 3 heterocycles. The fourth-order valence-corrected chi connectivity index (χ4v) is 4.82. The first-order valence-electron chi connectivity index (χ1n) is 8.08. The normalized spacial score (nSPS) is 27.3. The molecule has 1 fully saturated rings. The Balaban J connectivity index is 1.82. The molecule has 1 aromatic heterocycles. The van der Waals surface area contributed by atoms with Gasteiger partial charge in [0, 0.05) is 29.4 Å². The Labute approximate surface area is 150 Å². The summed E-state index contributed by atoms with van der Waals surface area (Å²) in [6.07, 6.45) is 0.957. The average molecular weight is 372 g/mol. The first-order valence-corrected chi connectivity index (χ1v) is 9.27. The number of carbonyl (C=O) groups is 2. The van der Waals surface area contributed by atoms with Gasteiger partial charge >= 0.3 is 6.09 Å². The molecule has 0 aromatic carbocycles. The largest absolute Gasteiger partial charge is 0.444 e. The summed E-state index contributed by atoms with van der Waals surface area (Å²) in [6, 6.07) is 1.69. The van der Waals surface area contributed by atoms with E-state index in [9.17, 15) is 9.59 Å². The first kappa shape index (κ1) is 17.7. The highest BCUT2D eigenvalue weighted by Gasteiger charge is 2.48. The third kappa shape index (κ3) is 3.19. The number of rotatable bonds is 0. The summed E-state index contributed by atoms with van der Waals surface area (Å²) in [7, 11) is 0. The molecule has 1 unspecified atom stereocenters. The number of carbonyl (C=O) groups excluding carboxylic acids is 2. The maximum Gasteiger partial charge on any atom is 0.410 e. The Kier molecular flexibility index (Phi) is 4.43. The minimum atomic E-state index is -0.529. The molecule has 0 radical (unpaired) electrons. The number of thiophene rings is 1. The van der Waals surface area contributed by atoms with Gasteiger partial charge in [0.1, 0.15) is 17.8 Å². The minimum Gasteiger partial charge on any atom is -0.444 e. The first-order chi connectivity index (χ1) is 11.1. The molecule has 0 bridgehead atoms. The van der Waals surface area contributed by atoms with E-state index in [1.165, 1.54) is 11.3 Å². The second kappa shape index (κ2) is 6.00. The van der Waals surface area contributed by atoms with Gasteiger partial charge in [-0.3, -0.25) is 4.79 Å². The van der Waals surface area contributed by atoms with Crippen molar-refractivity contribution in [1.29, 1.82) is 0 Å². The second-order valence-corrected chi connectivity index (χ2v) is 9.16. The van der Waals surface area contributed by atoms with Gasteiger partial charge in [-0.2, -0.15) is 0 Å². The minimum absolute atomic E-state index is 0.0269. The van der Waals surface area contributed by atoms with E-state index in [2.05, 4.69) is 0 Å². The van der Waals surface area contributed by atoms with Crippen molar-refractivity contribution >= 4 is 34.8 Å². The molecule has 0 N–H and O–H groups in total. The van der Waals surface area contributed by atoms with Gasteiger partial charge in [0.25, 0.3) is 0 Å². The van der Waals surface area contributed by atoms with Crippen molar-refractivity contribution in [1.82, 2.24) is 4.90 Å². The van der Waals surface area contributed by atoms with Crippen LogP contribution in [0.25, 0.3) is 0 Å². The number of likely N-dealkylation sites (tertiary alicyclic amines) is 1. The van der Waals surface area contributed by atoms with E-state index < -0.39 is 11.2 Å². The summed E-state index contributed by atoms with van der Waals surface area (Å²) >= 11 is 7.54. The maximum absolute atomic E-state index is 12.4. The zero-order chi connectivity index (χ0) is 17.7. The van der Waals surface area contributed by atoms with Gasteiger partial charge in [-0.1, -0.05) is 11.6 Å². The number of ketones is 1. The van der Waals surface area contributed by atoms with E-state index in [4.69, 9.17) is 21.1 Å². The molecule has 132 valence electrons. The van der Waals surface area contributed by atoms with Gasteiger partial charge in [0.2, 0.25) is 0 Å². The van der Waals surface area contributed by atoms with Crippen molar-refractivity contribution in [2.45, 2.75) is 57.8 Å². The molecule has 1 aromatic rings. The topological polar surface area (TPSA) is 55.8 Å². The quantitative estimate of drug-likeness (QED) is 0.684. The molecule has 0 aliphatic carbocycles. The zero-order valence-corrected chi connectivity index (χ0v) is 15.9. The van der Waals surface area contributed by atoms with Crippen molar-refractivity contribution < 1.29 is 19.1 Å². The molecule has 1 spiro atoms. The maximum atomic E-state index is 12.4. The lowest BCUT2D eigenvalue weighted by Gasteiger charge is -2.46. The molecular formula is C17H22ClNO4S. The van der Waals surface area contributed by atoms with E-state index in [1.54, 1.807) is 11.0 Å². The highest BCUT2D eigenvalue weighted by atomic mass is 35.5. The summed E-state index contributed by atoms with van der Waals surface area (Å²) in [5, 5.41) is 0. The van der Waals surface area contributed by atoms with Crippen LogP contribution in [0.4, 0.5) is 4.79 Å². The smallest absolute Gasteiger partial charge is 0.410 e. The number of nitrogens with zero attached hydrogens (tertiary/aromatic N) is 1. The Morgan fingerprint density at radius 3 is 2.83 bits per heavy atom. The van der Waals surface area contributed by atoms with Crippen LogP contribution in [0.1, 0.15) is 55.8 Å². The molecule has 24 heavy (non-hydrogen) atoms. The number of piperidine rings is 1. The Hall–Kier alpha value is -1.11. The third-order valence-electron chi connectivity index (χ3n) is 4.44. The second-order valence-electron chi connectivity index (χ2n) is 7.48. The summed E-state index contributed by atoms with van der Waals surface area (Å²) in [5.74, 6) is -0.0269. The fourth-order valence-electron chi connectivity index (χ4n) is 3.39. The third-order valence-corrected chi connectivity index (χ3v) is 5.89. The number of ether oxygens (including phenoxy) is 2. The van der Waals surface area contributed by atoms with Crippen LogP contribution in [0, 0.1) is 0 Å². The van der Waals surface area contributed by atoms with Crippen molar-refractivity contribution in [3.8, 4) is 0 Å². The Morgan fingerprint density at radius 1 is 1.50 bits per heavy atom. The predicted molar refractivity (Wildman–Crippen MR) is 92.9 cm³/mol. The molecule has 1 amide bonds. The number of hydrogen-bond acceptors (Lipinski definition) is 5. The predicted octanol–water partition coefficient (Wildman–Crippen LogP) is 4.23. The highest BCUT2D eigenvalue weighted by Crippen LogP contribution is 2.48. The molecule has 2 aliphatic rings. The number of Topliss-reactive ketones (excluding diaryl/α,β-unsaturated/α-hetero) is 1. The van der Waals surface area contributed by atoms with Crippen LogP contribution in [0.3, 0.4) is 0 Å². The number of hydrogen-bond donors (Lipinski definition) is 0. The van der Waals surface area contributed by atoms with E-state index in [0.29, 0.717) is 29.3 Å². The SMILES string of the molecule is C[C@H]1CC2(CCN1C(=O)OC(C)(C)C)OCC(=O)c1cc(Cl)sc12. The van der Waals surface area contributed by atoms with Crippen molar-refractivity contribution in [2.24, 2.45) is 0 Å². The molecule has 2 atom stereocenters. The van der Waals surface area contributed by atoms with Gasteiger partial charge in [0.05, 0.1) is 4.34 Å². The average Bonchev–Trinajstić information content (AvgIpc) is 2.85. The van der Waals surface area contributed by atoms with Crippen LogP contribution >= 0.6 is 22.9 Å². The molecule has 0 saturated carbocycles. The van der Waals surface area contributed by atoms with Gasteiger partial charge < -0.3 is 14.4 Å². The molecule has 1 saturated heterocycles. The van der Waals surface area contributed by atoms with Crippen LogP contribution in [0.2, 0.25) is 4.34 Å². The lowest BCUT2D eigenvalue weighted by atomic mass is 9.82. The van der Waals surface area contributed by atoms with Crippen molar-refractivity contribution in [3.63, 3.8) is 0 Å². The summed E-state index contributed by atoms with van der Waals surface area (Å²) in [6.45, 7) is 8.16. The summed E-state index contributed by atoms with van der Waals surface area (Å²) < 4.78 is 12.1. The Morgan fingerprint density at radius 2 is 2.21 bits per heavy atom. The summed E-state index contributed by atoms with van der Waals surface area (Å²) in [5.41, 5.74) is -0.373. The molecule has 7 heteroatoms. The van der Waals surface area contributed by atoms with Crippen molar-refractivity contribution in [3.05, 3.63) is 20.8 Å². The van der Waals surface area contributed by atoms with Crippen LogP contribution in [0.15, 0.2) is 6.07 Å². The molecular weight excluding hydrogens is 350 g/mol. The molecule has 5 nitrogen and oxygen atoms in total. The van der Waals surface area contributed by atoms with E-state index >= 15 is 0 Å². The number of amides is 1.